The van der Waals surface area contributed by atoms with Crippen molar-refractivity contribution in [2.45, 2.75) is 45.6 Å². The molecule has 0 saturated heterocycles. The number of hydrogen-bond donors (Lipinski definition) is 2. The molecule has 1 heterocycles. The monoisotopic (exact) mass is 221 g/mol. The molecular formula is C13H23N3. The van der Waals surface area contributed by atoms with Crippen LogP contribution in [0.2, 0.25) is 0 Å². The molecule has 1 aromatic heterocycles. The van der Waals surface area contributed by atoms with Crippen LogP contribution in [-0.2, 0) is 6.42 Å². The summed E-state index contributed by atoms with van der Waals surface area (Å²) in [6.45, 7) is 4.32. The smallest absolute Gasteiger partial charge is 0.126 e. The molecule has 0 aliphatic heterocycles. The summed E-state index contributed by atoms with van der Waals surface area (Å²) < 4.78 is 0. The molecule has 3 nitrogen and oxygen atoms in total. The Kier molecular flexibility index (Phi) is 5.26. The summed E-state index contributed by atoms with van der Waals surface area (Å²) >= 11 is 0. The van der Waals surface area contributed by atoms with Crippen molar-refractivity contribution in [3.63, 3.8) is 0 Å². The topological polar surface area (TPSA) is 50.9 Å². The van der Waals surface area contributed by atoms with Crippen LogP contribution in [0, 0.1) is 6.92 Å². The summed E-state index contributed by atoms with van der Waals surface area (Å²) in [5, 5.41) is 3.35. The van der Waals surface area contributed by atoms with Gasteiger partial charge in [-0.1, -0.05) is 13.3 Å². The molecule has 0 aliphatic rings. The molecular weight excluding hydrogens is 198 g/mol. The van der Waals surface area contributed by atoms with Gasteiger partial charge in [0.05, 0.1) is 0 Å². The Morgan fingerprint density at radius 1 is 1.44 bits per heavy atom. The lowest BCUT2D eigenvalue weighted by Gasteiger charge is -2.16. The van der Waals surface area contributed by atoms with Gasteiger partial charge in [-0.3, -0.25) is 0 Å². The fourth-order valence-corrected chi connectivity index (χ4v) is 2.04. The van der Waals surface area contributed by atoms with Gasteiger partial charge in [-0.25, -0.2) is 4.98 Å². The van der Waals surface area contributed by atoms with E-state index in [9.17, 15) is 0 Å². The molecule has 1 unspecified atom stereocenters. The molecule has 0 fully saturated rings. The van der Waals surface area contributed by atoms with Crippen LogP contribution in [0.25, 0.3) is 0 Å². The van der Waals surface area contributed by atoms with Crippen molar-refractivity contribution >= 4 is 5.82 Å². The third-order valence-corrected chi connectivity index (χ3v) is 3.11. The Labute approximate surface area is 98.5 Å². The van der Waals surface area contributed by atoms with Crippen LogP contribution < -0.4 is 11.1 Å². The van der Waals surface area contributed by atoms with Gasteiger partial charge in [0.1, 0.15) is 5.82 Å². The van der Waals surface area contributed by atoms with Gasteiger partial charge in [0.25, 0.3) is 0 Å². The van der Waals surface area contributed by atoms with Crippen molar-refractivity contribution in [1.82, 2.24) is 10.3 Å². The predicted octanol–water partition coefficient (Wildman–Crippen LogP) is 2.29. The summed E-state index contributed by atoms with van der Waals surface area (Å²) in [7, 11) is 2.03. The first-order valence-corrected chi connectivity index (χ1v) is 6.06. The third-order valence-electron chi connectivity index (χ3n) is 3.11. The largest absolute Gasteiger partial charge is 0.383 e. The second-order valence-electron chi connectivity index (χ2n) is 4.30. The van der Waals surface area contributed by atoms with E-state index in [1.165, 1.54) is 24.0 Å². The number of hydrogen-bond acceptors (Lipinski definition) is 3. The van der Waals surface area contributed by atoms with E-state index in [1.54, 1.807) is 6.20 Å². The fraction of sp³-hybridized carbons (Fsp3) is 0.615. The van der Waals surface area contributed by atoms with Crippen LogP contribution >= 0.6 is 0 Å². The number of anilines is 1. The number of nitrogens with zero attached hydrogens (tertiary/aromatic N) is 1. The van der Waals surface area contributed by atoms with Crippen molar-refractivity contribution < 1.29 is 0 Å². The first-order valence-electron chi connectivity index (χ1n) is 6.06. The zero-order valence-electron chi connectivity index (χ0n) is 10.6. The van der Waals surface area contributed by atoms with Gasteiger partial charge in [-0.2, -0.15) is 0 Å². The molecule has 3 N–H and O–H groups in total. The van der Waals surface area contributed by atoms with Gasteiger partial charge in [0.15, 0.2) is 0 Å². The van der Waals surface area contributed by atoms with E-state index in [4.69, 9.17) is 5.73 Å². The van der Waals surface area contributed by atoms with Crippen LogP contribution in [0.4, 0.5) is 5.82 Å². The van der Waals surface area contributed by atoms with E-state index < -0.39 is 0 Å². The maximum absolute atomic E-state index is 5.89. The normalized spacial score (nSPS) is 12.7. The summed E-state index contributed by atoms with van der Waals surface area (Å²) in [5.41, 5.74) is 8.35. The molecule has 0 aliphatic carbocycles. The summed E-state index contributed by atoms with van der Waals surface area (Å²) in [5.74, 6) is 0.686. The average molecular weight is 221 g/mol. The molecule has 0 aromatic carbocycles. The van der Waals surface area contributed by atoms with Crippen molar-refractivity contribution in [2.75, 3.05) is 12.8 Å². The Bertz CT molecular complexity index is 303. The van der Waals surface area contributed by atoms with Crippen molar-refractivity contribution in [2.24, 2.45) is 0 Å². The maximum atomic E-state index is 5.89. The number of aryl methyl sites for hydroxylation is 1. The van der Waals surface area contributed by atoms with E-state index in [1.807, 2.05) is 13.1 Å². The molecule has 1 atom stereocenters. The summed E-state index contributed by atoms with van der Waals surface area (Å²) in [6, 6.07) is 2.61. The summed E-state index contributed by atoms with van der Waals surface area (Å²) in [4.78, 5) is 4.15. The highest BCUT2D eigenvalue weighted by Gasteiger charge is 2.08. The quantitative estimate of drug-likeness (QED) is 0.775. The lowest BCUT2D eigenvalue weighted by molar-refractivity contribution is 0.484. The number of pyridine rings is 1. The van der Waals surface area contributed by atoms with Gasteiger partial charge in [-0.05, 0) is 50.4 Å². The van der Waals surface area contributed by atoms with Gasteiger partial charge in [-0.15, -0.1) is 0 Å². The van der Waals surface area contributed by atoms with Gasteiger partial charge in [0, 0.05) is 12.2 Å². The lowest BCUT2D eigenvalue weighted by atomic mass is 10.00. The SMILES string of the molecule is CCCC(CCc1c(C)ccnc1N)NC. The van der Waals surface area contributed by atoms with Crippen LogP contribution in [0.5, 0.6) is 0 Å². The highest BCUT2D eigenvalue weighted by Crippen LogP contribution is 2.17. The number of nitrogen functional groups attached to an aromatic ring is 1. The van der Waals surface area contributed by atoms with E-state index in [-0.39, 0.29) is 0 Å². The van der Waals surface area contributed by atoms with E-state index in [0.717, 1.165) is 12.8 Å². The minimum absolute atomic E-state index is 0.587. The summed E-state index contributed by atoms with van der Waals surface area (Å²) in [6.07, 6.45) is 6.34. The maximum Gasteiger partial charge on any atom is 0.126 e. The average Bonchev–Trinajstić information content (AvgIpc) is 2.27. The Hall–Kier alpha value is -1.09. The standard InChI is InChI=1S/C13H23N3/c1-4-5-11(15-3)6-7-12-10(2)8-9-16-13(12)14/h8-9,11,15H,4-7H2,1-3H3,(H2,14,16). The Morgan fingerprint density at radius 3 is 2.75 bits per heavy atom. The molecule has 0 saturated carbocycles. The predicted molar refractivity (Wildman–Crippen MR) is 69.5 cm³/mol. The second kappa shape index (κ2) is 6.48. The molecule has 0 amide bonds. The first kappa shape index (κ1) is 13.0. The number of nitrogens with two attached hydrogens (primary N) is 1. The third kappa shape index (κ3) is 3.49. The van der Waals surface area contributed by atoms with Crippen LogP contribution in [0.3, 0.4) is 0 Å². The molecule has 0 bridgehead atoms. The highest BCUT2D eigenvalue weighted by molar-refractivity contribution is 5.43. The lowest BCUT2D eigenvalue weighted by Crippen LogP contribution is -2.25. The van der Waals surface area contributed by atoms with Crippen LogP contribution in [-0.4, -0.2) is 18.1 Å². The van der Waals surface area contributed by atoms with Crippen molar-refractivity contribution in [3.05, 3.63) is 23.4 Å². The fourth-order valence-electron chi connectivity index (χ4n) is 2.04. The van der Waals surface area contributed by atoms with Crippen LogP contribution in [0.15, 0.2) is 12.3 Å². The van der Waals surface area contributed by atoms with Gasteiger partial charge in [0.2, 0.25) is 0 Å². The minimum atomic E-state index is 0.587. The second-order valence-corrected chi connectivity index (χ2v) is 4.30. The van der Waals surface area contributed by atoms with E-state index in [2.05, 4.69) is 24.1 Å². The Morgan fingerprint density at radius 2 is 2.19 bits per heavy atom. The molecule has 1 aromatic rings. The van der Waals surface area contributed by atoms with E-state index in [0.29, 0.717) is 11.9 Å². The molecule has 0 spiro atoms. The van der Waals surface area contributed by atoms with Gasteiger partial charge >= 0.3 is 0 Å². The number of rotatable bonds is 6. The minimum Gasteiger partial charge on any atom is -0.383 e. The van der Waals surface area contributed by atoms with E-state index >= 15 is 0 Å². The molecule has 0 radical (unpaired) electrons. The van der Waals surface area contributed by atoms with Gasteiger partial charge < -0.3 is 11.1 Å². The number of aromatic nitrogens is 1. The number of nitrogens with one attached hydrogen (secondary N) is 1. The van der Waals surface area contributed by atoms with Crippen LogP contribution in [0.1, 0.15) is 37.3 Å². The molecule has 90 valence electrons. The highest BCUT2D eigenvalue weighted by atomic mass is 14.9. The van der Waals surface area contributed by atoms with Crippen molar-refractivity contribution in [1.29, 1.82) is 0 Å². The first-order chi connectivity index (χ1) is 7.69. The zero-order chi connectivity index (χ0) is 12.0. The molecule has 16 heavy (non-hydrogen) atoms. The molecule has 1 rings (SSSR count). The zero-order valence-corrected chi connectivity index (χ0v) is 10.6. The molecule has 3 heteroatoms. The Balaban J connectivity index is 2.59. The van der Waals surface area contributed by atoms with Crippen molar-refractivity contribution in [3.8, 4) is 0 Å².